The molecule has 0 unspecified atom stereocenters. The fourth-order valence-corrected chi connectivity index (χ4v) is 2.51. The van der Waals surface area contributed by atoms with Crippen molar-refractivity contribution in [1.82, 2.24) is 0 Å². The molecule has 28 heavy (non-hydrogen) atoms. The molecule has 0 saturated heterocycles. The molecule has 0 aromatic carbocycles. The van der Waals surface area contributed by atoms with Crippen molar-refractivity contribution in [2.24, 2.45) is 0 Å². The zero-order chi connectivity index (χ0) is 23.2. The summed E-state index contributed by atoms with van der Waals surface area (Å²) in [5.74, 6) is -46.2. The molecule has 0 aliphatic rings. The highest BCUT2D eigenvalue weighted by molar-refractivity contribution is 14.1. The quantitative estimate of drug-likeness (QED) is 0.212. The van der Waals surface area contributed by atoms with Gasteiger partial charge in [-0.25, -0.2) is 0 Å². The number of allylic oxidation sites excluding steroid dienone is 2. The molecule has 16 heteroatoms. The van der Waals surface area contributed by atoms with Crippen LogP contribution in [0.1, 0.15) is 19.8 Å². The predicted octanol–water partition coefficient (Wildman–Crippen LogP) is 7.48. The first-order valence-corrected chi connectivity index (χ1v) is 7.74. The van der Waals surface area contributed by atoms with Gasteiger partial charge < -0.3 is 0 Å². The van der Waals surface area contributed by atoms with Crippen LogP contribution in [0.3, 0.4) is 0 Å². The monoisotopic (exact) mass is 564 g/mol. The number of rotatable bonds is 8. The molecule has 0 fully saturated rings. The van der Waals surface area contributed by atoms with Gasteiger partial charge >= 0.3 is 41.7 Å². The van der Waals surface area contributed by atoms with E-state index in [9.17, 15) is 65.9 Å². The van der Waals surface area contributed by atoms with Crippen LogP contribution in [-0.2, 0) is 0 Å². The van der Waals surface area contributed by atoms with Gasteiger partial charge in [0.1, 0.15) is 0 Å². The topological polar surface area (TPSA) is 0 Å². The standard InChI is InChI=1S/C12H8F15I/c1-2-3-5(28)4-6(13,14)7(15,16)8(17,18)9(19,20)10(21,22)11(23,24)12(25,26)27/h4H,2-3H2,1H3. The molecule has 0 N–H and O–H groups in total. The largest absolute Gasteiger partial charge is 0.460 e. The van der Waals surface area contributed by atoms with Crippen molar-refractivity contribution >= 4 is 22.6 Å². The molecule has 0 saturated carbocycles. The van der Waals surface area contributed by atoms with Crippen molar-refractivity contribution in [3.8, 4) is 0 Å². The summed E-state index contributed by atoms with van der Waals surface area (Å²) >= 11 is 0.894. The molecular formula is C12H8F15I. The Morgan fingerprint density at radius 1 is 0.607 bits per heavy atom. The lowest BCUT2D eigenvalue weighted by atomic mass is 9.91. The Morgan fingerprint density at radius 3 is 1.25 bits per heavy atom. The number of hydrogen-bond donors (Lipinski definition) is 0. The smallest absolute Gasteiger partial charge is 0.195 e. The van der Waals surface area contributed by atoms with E-state index in [1.807, 2.05) is 0 Å². The van der Waals surface area contributed by atoms with Gasteiger partial charge in [0.25, 0.3) is 0 Å². The van der Waals surface area contributed by atoms with Crippen LogP contribution in [0, 0.1) is 0 Å². The van der Waals surface area contributed by atoms with Crippen LogP contribution in [0.5, 0.6) is 0 Å². The lowest BCUT2D eigenvalue weighted by molar-refractivity contribution is -0.449. The summed E-state index contributed by atoms with van der Waals surface area (Å²) in [7, 11) is 0. The van der Waals surface area contributed by atoms with Crippen LogP contribution in [0.25, 0.3) is 0 Å². The van der Waals surface area contributed by atoms with Gasteiger partial charge in [0.05, 0.1) is 0 Å². The van der Waals surface area contributed by atoms with Crippen molar-refractivity contribution in [3.63, 3.8) is 0 Å². The highest BCUT2D eigenvalue weighted by Crippen LogP contribution is 2.62. The number of halogens is 16. The number of alkyl halides is 15. The third-order valence-electron chi connectivity index (χ3n) is 3.18. The maximum Gasteiger partial charge on any atom is 0.460 e. The molecule has 0 heterocycles. The third kappa shape index (κ3) is 4.02. The van der Waals surface area contributed by atoms with Gasteiger partial charge in [-0.1, -0.05) is 13.3 Å². The Balaban J connectivity index is 6.51. The average molecular weight is 564 g/mol. The minimum absolute atomic E-state index is 0.0428. The van der Waals surface area contributed by atoms with Crippen molar-refractivity contribution in [3.05, 3.63) is 9.66 Å². The molecule has 0 aliphatic heterocycles. The summed E-state index contributed by atoms with van der Waals surface area (Å²) in [4.78, 5) is 0. The summed E-state index contributed by atoms with van der Waals surface area (Å²) in [5.41, 5.74) is 0. The van der Waals surface area contributed by atoms with E-state index in [4.69, 9.17) is 0 Å². The summed E-state index contributed by atoms with van der Waals surface area (Å²) < 4.78 is 193. The second kappa shape index (κ2) is 7.59. The fraction of sp³-hybridized carbons (Fsp3) is 0.833. The van der Waals surface area contributed by atoms with Gasteiger partial charge in [-0.2, -0.15) is 65.9 Å². The highest BCUT2D eigenvalue weighted by Gasteiger charge is 2.93. The maximum absolute atomic E-state index is 13.4. The molecule has 0 bridgehead atoms. The van der Waals surface area contributed by atoms with Crippen LogP contribution < -0.4 is 0 Å². The molecule has 0 amide bonds. The van der Waals surface area contributed by atoms with E-state index in [2.05, 4.69) is 0 Å². The molecule has 0 spiro atoms. The van der Waals surface area contributed by atoms with Gasteiger partial charge in [0, 0.05) is 6.08 Å². The van der Waals surface area contributed by atoms with Gasteiger partial charge in [-0.15, -0.1) is 0 Å². The molecule has 0 aliphatic carbocycles. The molecule has 168 valence electrons. The van der Waals surface area contributed by atoms with Crippen molar-refractivity contribution in [2.75, 3.05) is 0 Å². The molecule has 0 aromatic rings. The maximum atomic E-state index is 13.4. The Labute approximate surface area is 160 Å². The zero-order valence-electron chi connectivity index (χ0n) is 13.0. The summed E-state index contributed by atoms with van der Waals surface area (Å²) in [6, 6.07) is 0. The molecular weight excluding hydrogens is 556 g/mol. The second-order valence-corrected chi connectivity index (χ2v) is 6.72. The van der Waals surface area contributed by atoms with E-state index in [0.29, 0.717) is 0 Å². The molecule has 0 aromatic heterocycles. The van der Waals surface area contributed by atoms with Crippen molar-refractivity contribution in [2.45, 2.75) is 61.5 Å². The van der Waals surface area contributed by atoms with Gasteiger partial charge in [-0.3, -0.25) is 0 Å². The van der Waals surface area contributed by atoms with Crippen molar-refractivity contribution in [1.29, 1.82) is 0 Å². The molecule has 0 radical (unpaired) electrons. The van der Waals surface area contributed by atoms with Gasteiger partial charge in [0.15, 0.2) is 0 Å². The molecule has 0 atom stereocenters. The zero-order valence-corrected chi connectivity index (χ0v) is 15.2. The Bertz CT molecular complexity index is 586. The fourth-order valence-electron chi connectivity index (χ4n) is 1.58. The summed E-state index contributed by atoms with van der Waals surface area (Å²) in [6.45, 7) is 1.28. The SMILES string of the molecule is CCCC(I)=CC(F)(F)C(F)(F)C(F)(F)C(F)(F)C(F)(F)C(F)(F)C(F)(F)F. The minimum atomic E-state index is -8.24. The van der Waals surface area contributed by atoms with Crippen LogP contribution in [0.15, 0.2) is 9.66 Å². The first kappa shape index (κ1) is 27.4. The lowest BCUT2D eigenvalue weighted by Gasteiger charge is -2.41. The lowest BCUT2D eigenvalue weighted by Crippen LogP contribution is -2.72. The van der Waals surface area contributed by atoms with Gasteiger partial charge in [-0.05, 0) is 32.6 Å². The Hall–Kier alpha value is -0.580. The van der Waals surface area contributed by atoms with E-state index in [-0.39, 0.29) is 6.42 Å². The normalized spacial score (nSPS) is 16.5. The minimum Gasteiger partial charge on any atom is -0.195 e. The Kier molecular flexibility index (Phi) is 7.43. The number of hydrogen-bond acceptors (Lipinski definition) is 0. The summed E-state index contributed by atoms with van der Waals surface area (Å²) in [6.07, 6.45) is -9.11. The predicted molar refractivity (Wildman–Crippen MR) is 72.7 cm³/mol. The first-order valence-electron chi connectivity index (χ1n) is 6.66. The second-order valence-electron chi connectivity index (χ2n) is 5.33. The van der Waals surface area contributed by atoms with E-state index < -0.39 is 57.8 Å². The van der Waals surface area contributed by atoms with Crippen LogP contribution in [0.2, 0.25) is 0 Å². The van der Waals surface area contributed by atoms with Crippen LogP contribution >= 0.6 is 22.6 Å². The van der Waals surface area contributed by atoms with Gasteiger partial charge in [0.2, 0.25) is 0 Å². The van der Waals surface area contributed by atoms with E-state index >= 15 is 0 Å². The van der Waals surface area contributed by atoms with E-state index in [0.717, 1.165) is 22.6 Å². The average Bonchev–Trinajstić information content (AvgIpc) is 2.44. The molecule has 0 nitrogen and oxygen atoms in total. The van der Waals surface area contributed by atoms with Crippen molar-refractivity contribution < 1.29 is 65.9 Å². The first-order chi connectivity index (χ1) is 12.0. The van der Waals surface area contributed by atoms with E-state index in [1.165, 1.54) is 6.92 Å². The Morgan fingerprint density at radius 2 is 0.929 bits per heavy atom. The van der Waals surface area contributed by atoms with E-state index in [1.54, 1.807) is 0 Å². The highest BCUT2D eigenvalue weighted by atomic mass is 127. The molecule has 0 rings (SSSR count). The summed E-state index contributed by atoms with van der Waals surface area (Å²) in [5, 5.41) is 0. The van der Waals surface area contributed by atoms with Crippen LogP contribution in [-0.4, -0.2) is 41.7 Å². The third-order valence-corrected chi connectivity index (χ3v) is 4.03. The van der Waals surface area contributed by atoms with Crippen LogP contribution in [0.4, 0.5) is 65.9 Å².